The average molecular weight is 410 g/mol. The van der Waals surface area contributed by atoms with Crippen LogP contribution in [0.1, 0.15) is 13.8 Å². The molecule has 0 saturated carbocycles. The monoisotopic (exact) mass is 410 g/mol. The van der Waals surface area contributed by atoms with Gasteiger partial charge in [-0.1, -0.05) is 13.2 Å². The van der Waals surface area contributed by atoms with E-state index in [0.29, 0.717) is 0 Å². The smallest absolute Gasteiger partial charge is 0.330 e. The fourth-order valence-corrected chi connectivity index (χ4v) is 0. The molecule has 0 aromatic rings. The van der Waals surface area contributed by atoms with E-state index in [9.17, 15) is 9.59 Å². The first-order valence-electron chi connectivity index (χ1n) is 3.06. The normalized spacial score (nSPS) is 6.92. The molecule has 72 valence electrons. The summed E-state index contributed by atoms with van der Waals surface area (Å²) in [7, 11) is 0. The van der Waals surface area contributed by atoms with Crippen LogP contribution in [0.25, 0.3) is 0 Å². The molecule has 0 spiro atoms. The van der Waals surface area contributed by atoms with Gasteiger partial charge in [0.2, 0.25) is 0 Å². The van der Waals surface area contributed by atoms with Crippen molar-refractivity contribution in [3.63, 3.8) is 0 Å². The van der Waals surface area contributed by atoms with Gasteiger partial charge in [0, 0.05) is 42.3 Å². The summed E-state index contributed by atoms with van der Waals surface area (Å²) in [6, 6.07) is 0. The van der Waals surface area contributed by atoms with Gasteiger partial charge >= 0.3 is 11.9 Å². The molecule has 0 unspecified atom stereocenters. The fourth-order valence-electron chi connectivity index (χ4n) is 0. The molecule has 0 radical (unpaired) electrons. The van der Waals surface area contributed by atoms with Gasteiger partial charge in [-0.2, -0.15) is 0 Å². The van der Waals surface area contributed by atoms with Crippen LogP contribution in [-0.4, -0.2) is 22.2 Å². The molecule has 0 aliphatic rings. The second-order valence-corrected chi connectivity index (χ2v) is 2.17. The Labute approximate surface area is 101 Å². The Hall–Kier alpha value is -0.528. The molecule has 13 heavy (non-hydrogen) atoms. The van der Waals surface area contributed by atoms with E-state index in [4.69, 9.17) is 10.2 Å². The molecule has 0 saturated heterocycles. The van der Waals surface area contributed by atoms with Gasteiger partial charge in [0.25, 0.3) is 0 Å². The Bertz CT molecular complexity index is 172. The summed E-state index contributed by atoms with van der Waals surface area (Å²) < 4.78 is 0. The zero-order chi connectivity index (χ0) is 10.3. The Kier molecular flexibility index (Phi) is 13.5. The summed E-state index contributed by atoms with van der Waals surface area (Å²) in [6.45, 7) is 9.20. The zero-order valence-corrected chi connectivity index (χ0v) is 11.8. The zero-order valence-electron chi connectivity index (χ0n) is 7.63. The minimum absolute atomic E-state index is 0. The van der Waals surface area contributed by atoms with E-state index >= 15 is 0 Å². The van der Waals surface area contributed by atoms with Crippen LogP contribution in [0.15, 0.2) is 24.3 Å². The van der Waals surface area contributed by atoms with Crippen LogP contribution < -0.4 is 0 Å². The molecule has 0 heterocycles. The van der Waals surface area contributed by atoms with Crippen molar-refractivity contribution in [3.05, 3.63) is 24.3 Å². The maximum absolute atomic E-state index is 9.60. The minimum Gasteiger partial charge on any atom is -0.478 e. The molecule has 0 aliphatic carbocycles. The summed E-state index contributed by atoms with van der Waals surface area (Å²) in [5.41, 5.74) is 0.352. The third-order valence-electron chi connectivity index (χ3n) is 0.730. The van der Waals surface area contributed by atoms with Crippen molar-refractivity contribution in [1.29, 1.82) is 0 Å². The summed E-state index contributed by atoms with van der Waals surface area (Å²) in [5, 5.41) is 15.8. The molecule has 4 nitrogen and oxygen atoms in total. The second kappa shape index (κ2) is 9.56. The summed E-state index contributed by atoms with van der Waals surface area (Å²) >= 11 is 0. The standard InChI is InChI=1S/2C4H6O2.U/c2*1-3(2)4(5)6;/h2*1H2,2H3,(H,5,6);. The van der Waals surface area contributed by atoms with E-state index in [2.05, 4.69) is 13.2 Å². The van der Waals surface area contributed by atoms with Gasteiger partial charge in [-0.05, 0) is 13.8 Å². The number of hydrogen-bond donors (Lipinski definition) is 2. The molecule has 0 rings (SSSR count). The Morgan fingerprint density at radius 3 is 1.00 bits per heavy atom. The molecule has 2 N–H and O–H groups in total. The number of carboxylic acids is 2. The van der Waals surface area contributed by atoms with Crippen LogP contribution in [0.5, 0.6) is 0 Å². The SMILES string of the molecule is C=C(C)C(=O)O.C=C(C)C(=O)O.[U]. The van der Waals surface area contributed by atoms with E-state index < -0.39 is 11.9 Å². The van der Waals surface area contributed by atoms with Crippen molar-refractivity contribution in [3.8, 4) is 0 Å². The van der Waals surface area contributed by atoms with Crippen LogP contribution in [0.3, 0.4) is 0 Å². The molecule has 0 aromatic heterocycles. The summed E-state index contributed by atoms with van der Waals surface area (Å²) in [6.07, 6.45) is 0. The largest absolute Gasteiger partial charge is 0.478 e. The topological polar surface area (TPSA) is 74.6 Å². The fraction of sp³-hybridized carbons (Fsp3) is 0.250. The predicted molar refractivity (Wildman–Crippen MR) is 44.9 cm³/mol. The number of carboxylic acid groups (broad SMARTS) is 2. The van der Waals surface area contributed by atoms with Gasteiger partial charge < -0.3 is 10.2 Å². The Morgan fingerprint density at radius 2 is 1.00 bits per heavy atom. The van der Waals surface area contributed by atoms with Crippen LogP contribution in [0, 0.1) is 31.1 Å². The van der Waals surface area contributed by atoms with Gasteiger partial charge in [0.1, 0.15) is 0 Å². The van der Waals surface area contributed by atoms with Gasteiger partial charge in [-0.25, -0.2) is 9.59 Å². The predicted octanol–water partition coefficient (Wildman–Crippen LogP) is 1.29. The molecule has 0 aliphatic heterocycles. The molecule has 0 fully saturated rings. The van der Waals surface area contributed by atoms with Crippen molar-refractivity contribution in [2.24, 2.45) is 0 Å². The van der Waals surface area contributed by atoms with Crippen LogP contribution in [0.2, 0.25) is 0 Å². The third kappa shape index (κ3) is 18.4. The molecular formula is C8H12O4U. The number of rotatable bonds is 2. The first-order valence-corrected chi connectivity index (χ1v) is 3.06. The molecule has 0 aromatic carbocycles. The number of hydrogen-bond acceptors (Lipinski definition) is 2. The maximum atomic E-state index is 9.60. The molecule has 0 amide bonds. The van der Waals surface area contributed by atoms with Crippen molar-refractivity contribution in [2.75, 3.05) is 0 Å². The van der Waals surface area contributed by atoms with Crippen molar-refractivity contribution < 1.29 is 50.9 Å². The van der Waals surface area contributed by atoms with Crippen molar-refractivity contribution >= 4 is 11.9 Å². The number of aliphatic carboxylic acids is 2. The molecule has 0 atom stereocenters. The Balaban J connectivity index is -0.000000143. The molecule has 0 bridgehead atoms. The molecule has 5 heteroatoms. The van der Waals surface area contributed by atoms with E-state index in [1.165, 1.54) is 13.8 Å². The van der Waals surface area contributed by atoms with Gasteiger partial charge in [0.05, 0.1) is 0 Å². The van der Waals surface area contributed by atoms with Gasteiger partial charge in [0.15, 0.2) is 0 Å². The second-order valence-electron chi connectivity index (χ2n) is 2.17. The third-order valence-corrected chi connectivity index (χ3v) is 0.730. The van der Waals surface area contributed by atoms with Crippen molar-refractivity contribution in [1.82, 2.24) is 0 Å². The van der Waals surface area contributed by atoms with Crippen LogP contribution >= 0.6 is 0 Å². The quantitative estimate of drug-likeness (QED) is 0.674. The summed E-state index contributed by atoms with van der Waals surface area (Å²) in [5.74, 6) is -1.87. The maximum Gasteiger partial charge on any atom is 0.330 e. The van der Waals surface area contributed by atoms with E-state index in [-0.39, 0.29) is 42.3 Å². The Morgan fingerprint density at radius 1 is 0.923 bits per heavy atom. The van der Waals surface area contributed by atoms with Crippen molar-refractivity contribution in [2.45, 2.75) is 13.8 Å². The first kappa shape index (κ1) is 18.3. The first-order chi connectivity index (χ1) is 5.29. The van der Waals surface area contributed by atoms with E-state index in [1.807, 2.05) is 0 Å². The van der Waals surface area contributed by atoms with E-state index in [1.54, 1.807) is 0 Å². The van der Waals surface area contributed by atoms with Gasteiger partial charge in [-0.3, -0.25) is 0 Å². The van der Waals surface area contributed by atoms with Crippen LogP contribution in [0.4, 0.5) is 0 Å². The number of carbonyl (C=O) groups is 2. The molecular weight excluding hydrogens is 398 g/mol. The average Bonchev–Trinajstić information content (AvgIpc) is 1.88. The van der Waals surface area contributed by atoms with E-state index in [0.717, 1.165) is 0 Å². The van der Waals surface area contributed by atoms with Crippen LogP contribution in [-0.2, 0) is 9.59 Å². The minimum atomic E-state index is -0.935. The van der Waals surface area contributed by atoms with Gasteiger partial charge in [-0.15, -0.1) is 0 Å². The summed E-state index contributed by atoms with van der Waals surface area (Å²) in [4.78, 5) is 19.2.